The Hall–Kier alpha value is -0.900. The van der Waals surface area contributed by atoms with Crippen LogP contribution >= 0.6 is 0 Å². The van der Waals surface area contributed by atoms with E-state index in [2.05, 4.69) is 5.32 Å². The van der Waals surface area contributed by atoms with E-state index in [-0.39, 0.29) is 12.1 Å². The minimum absolute atomic E-state index is 0.218. The van der Waals surface area contributed by atoms with Crippen molar-refractivity contribution in [2.24, 2.45) is 0 Å². The Balaban J connectivity index is 1.67. The molecular weight excluding hydrogens is 202 g/mol. The second-order valence-corrected chi connectivity index (χ2v) is 4.27. The van der Waals surface area contributed by atoms with Gasteiger partial charge in [0.2, 0.25) is 0 Å². The number of benzene rings is 1. The van der Waals surface area contributed by atoms with Crippen LogP contribution in [0.15, 0.2) is 30.3 Å². The van der Waals surface area contributed by atoms with Crippen molar-refractivity contribution in [1.29, 1.82) is 0 Å². The van der Waals surface area contributed by atoms with Crippen LogP contribution in [-0.4, -0.2) is 30.4 Å². The van der Waals surface area contributed by atoms with Gasteiger partial charge in [0.1, 0.15) is 0 Å². The summed E-state index contributed by atoms with van der Waals surface area (Å²) in [4.78, 5) is 0. The van der Waals surface area contributed by atoms with Crippen molar-refractivity contribution in [2.45, 2.75) is 31.6 Å². The van der Waals surface area contributed by atoms with Gasteiger partial charge in [-0.2, -0.15) is 0 Å². The first-order chi connectivity index (χ1) is 7.86. The van der Waals surface area contributed by atoms with Gasteiger partial charge in [-0.15, -0.1) is 0 Å². The third-order valence-corrected chi connectivity index (χ3v) is 2.96. The Kier molecular flexibility index (Phi) is 4.34. The van der Waals surface area contributed by atoms with Crippen LogP contribution in [0.2, 0.25) is 0 Å². The SMILES string of the molecule is OC(COCc1ccccc1)C1CCCN1. The molecule has 3 heteroatoms. The zero-order valence-corrected chi connectivity index (χ0v) is 9.43. The van der Waals surface area contributed by atoms with Crippen LogP contribution in [0.4, 0.5) is 0 Å². The Morgan fingerprint density at radius 2 is 2.19 bits per heavy atom. The van der Waals surface area contributed by atoms with Gasteiger partial charge in [0.05, 0.1) is 19.3 Å². The normalized spacial score (nSPS) is 22.2. The van der Waals surface area contributed by atoms with Gasteiger partial charge in [-0.25, -0.2) is 0 Å². The molecule has 2 N–H and O–H groups in total. The van der Waals surface area contributed by atoms with Gasteiger partial charge in [0, 0.05) is 6.04 Å². The molecule has 3 nitrogen and oxygen atoms in total. The lowest BCUT2D eigenvalue weighted by Gasteiger charge is -2.18. The summed E-state index contributed by atoms with van der Waals surface area (Å²) < 4.78 is 5.50. The van der Waals surface area contributed by atoms with Gasteiger partial charge >= 0.3 is 0 Å². The minimum atomic E-state index is -0.383. The van der Waals surface area contributed by atoms with E-state index in [0.717, 1.165) is 24.9 Å². The van der Waals surface area contributed by atoms with E-state index in [1.54, 1.807) is 0 Å². The molecule has 1 aromatic carbocycles. The molecule has 0 bridgehead atoms. The number of ether oxygens (including phenoxy) is 1. The summed E-state index contributed by atoms with van der Waals surface area (Å²) in [5.74, 6) is 0. The molecule has 1 saturated heterocycles. The Labute approximate surface area is 96.4 Å². The molecule has 1 aromatic rings. The second-order valence-electron chi connectivity index (χ2n) is 4.27. The van der Waals surface area contributed by atoms with Crippen molar-refractivity contribution >= 4 is 0 Å². The second kappa shape index (κ2) is 5.99. The zero-order chi connectivity index (χ0) is 11.2. The van der Waals surface area contributed by atoms with Crippen molar-refractivity contribution in [3.63, 3.8) is 0 Å². The smallest absolute Gasteiger partial charge is 0.0926 e. The average Bonchev–Trinajstić information content (AvgIpc) is 2.84. The van der Waals surface area contributed by atoms with Gasteiger partial charge in [-0.1, -0.05) is 30.3 Å². The lowest BCUT2D eigenvalue weighted by atomic mass is 10.1. The maximum atomic E-state index is 9.84. The first-order valence-corrected chi connectivity index (χ1v) is 5.89. The molecule has 0 aliphatic carbocycles. The zero-order valence-electron chi connectivity index (χ0n) is 9.43. The maximum Gasteiger partial charge on any atom is 0.0926 e. The van der Waals surface area contributed by atoms with Gasteiger partial charge in [0.15, 0.2) is 0 Å². The molecule has 2 atom stereocenters. The summed E-state index contributed by atoms with van der Waals surface area (Å²) in [6.45, 7) is 2.00. The summed E-state index contributed by atoms with van der Waals surface area (Å²) in [6.07, 6.45) is 1.82. The Morgan fingerprint density at radius 1 is 1.38 bits per heavy atom. The minimum Gasteiger partial charge on any atom is -0.389 e. The summed E-state index contributed by atoms with van der Waals surface area (Å²) in [7, 11) is 0. The molecule has 1 aliphatic rings. The van der Waals surface area contributed by atoms with Crippen molar-refractivity contribution in [3.8, 4) is 0 Å². The highest BCUT2D eigenvalue weighted by Gasteiger charge is 2.22. The molecule has 0 aromatic heterocycles. The van der Waals surface area contributed by atoms with Crippen molar-refractivity contribution in [2.75, 3.05) is 13.2 Å². The molecule has 88 valence electrons. The topological polar surface area (TPSA) is 41.5 Å². The number of aliphatic hydroxyl groups excluding tert-OH is 1. The van der Waals surface area contributed by atoms with E-state index in [1.165, 1.54) is 0 Å². The largest absolute Gasteiger partial charge is 0.389 e. The number of rotatable bonds is 5. The Morgan fingerprint density at radius 3 is 2.88 bits per heavy atom. The first-order valence-electron chi connectivity index (χ1n) is 5.89. The van der Waals surface area contributed by atoms with Crippen molar-refractivity contribution < 1.29 is 9.84 Å². The van der Waals surface area contributed by atoms with E-state index in [9.17, 15) is 5.11 Å². The molecule has 1 aliphatic heterocycles. The van der Waals surface area contributed by atoms with Gasteiger partial charge in [0.25, 0.3) is 0 Å². The highest BCUT2D eigenvalue weighted by atomic mass is 16.5. The fraction of sp³-hybridized carbons (Fsp3) is 0.538. The number of nitrogens with one attached hydrogen (secondary N) is 1. The van der Waals surface area contributed by atoms with Crippen LogP contribution in [0.5, 0.6) is 0 Å². The summed E-state index contributed by atoms with van der Waals surface area (Å²) in [5.41, 5.74) is 1.15. The third kappa shape index (κ3) is 3.30. The molecule has 0 saturated carbocycles. The van der Waals surface area contributed by atoms with E-state index in [0.29, 0.717) is 13.2 Å². The van der Waals surface area contributed by atoms with Crippen LogP contribution in [0.25, 0.3) is 0 Å². The van der Waals surface area contributed by atoms with Gasteiger partial charge in [-0.05, 0) is 24.9 Å². The number of hydrogen-bond donors (Lipinski definition) is 2. The molecule has 1 heterocycles. The van der Waals surface area contributed by atoms with Gasteiger partial charge in [-0.3, -0.25) is 0 Å². The average molecular weight is 221 g/mol. The molecule has 0 radical (unpaired) electrons. The first kappa shape index (κ1) is 11.6. The van der Waals surface area contributed by atoms with Crippen LogP contribution in [0.3, 0.4) is 0 Å². The Bertz CT molecular complexity index is 296. The van der Waals surface area contributed by atoms with Crippen LogP contribution in [-0.2, 0) is 11.3 Å². The van der Waals surface area contributed by atoms with E-state index in [1.807, 2.05) is 30.3 Å². The summed E-state index contributed by atoms with van der Waals surface area (Å²) >= 11 is 0. The predicted molar refractivity (Wildman–Crippen MR) is 63.1 cm³/mol. The monoisotopic (exact) mass is 221 g/mol. The summed E-state index contributed by atoms with van der Waals surface area (Å²) in [6, 6.07) is 10.2. The van der Waals surface area contributed by atoms with Crippen LogP contribution in [0, 0.1) is 0 Å². The fourth-order valence-electron chi connectivity index (χ4n) is 2.03. The highest BCUT2D eigenvalue weighted by Crippen LogP contribution is 2.10. The predicted octanol–water partition coefficient (Wildman–Crippen LogP) is 1.32. The maximum absolute atomic E-state index is 9.84. The van der Waals surface area contributed by atoms with E-state index >= 15 is 0 Å². The molecular formula is C13H19NO2. The fourth-order valence-corrected chi connectivity index (χ4v) is 2.03. The molecule has 0 amide bonds. The molecule has 2 rings (SSSR count). The lowest BCUT2D eigenvalue weighted by molar-refractivity contribution is 0.0126. The summed E-state index contributed by atoms with van der Waals surface area (Å²) in [5, 5.41) is 13.1. The lowest BCUT2D eigenvalue weighted by Crippen LogP contribution is -2.37. The third-order valence-electron chi connectivity index (χ3n) is 2.96. The van der Waals surface area contributed by atoms with Crippen molar-refractivity contribution in [3.05, 3.63) is 35.9 Å². The quantitative estimate of drug-likeness (QED) is 0.788. The highest BCUT2D eigenvalue weighted by molar-refractivity contribution is 5.13. The molecule has 2 unspecified atom stereocenters. The van der Waals surface area contributed by atoms with E-state index < -0.39 is 0 Å². The molecule has 1 fully saturated rings. The van der Waals surface area contributed by atoms with Gasteiger partial charge < -0.3 is 15.2 Å². The molecule has 16 heavy (non-hydrogen) atoms. The van der Waals surface area contributed by atoms with Crippen molar-refractivity contribution in [1.82, 2.24) is 5.32 Å². The van der Waals surface area contributed by atoms with E-state index in [4.69, 9.17) is 4.74 Å². The molecule has 0 spiro atoms. The number of aliphatic hydroxyl groups is 1. The standard InChI is InChI=1S/C13H19NO2/c15-13(12-7-4-8-14-12)10-16-9-11-5-2-1-3-6-11/h1-3,5-6,12-15H,4,7-10H2. The van der Waals surface area contributed by atoms with Crippen LogP contribution in [0.1, 0.15) is 18.4 Å². The number of hydrogen-bond acceptors (Lipinski definition) is 3. The van der Waals surface area contributed by atoms with Crippen LogP contribution < -0.4 is 5.32 Å².